The normalized spacial score (nSPS) is 31.3. The van der Waals surface area contributed by atoms with Crippen LogP contribution in [0.15, 0.2) is 42.5 Å². The molecule has 0 saturated heterocycles. The van der Waals surface area contributed by atoms with Gasteiger partial charge in [0.2, 0.25) is 0 Å². The summed E-state index contributed by atoms with van der Waals surface area (Å²) in [6.45, 7) is 4.29. The average Bonchev–Trinajstić information content (AvgIpc) is 3.40. The number of benzene rings is 1. The lowest BCUT2D eigenvalue weighted by Gasteiger charge is -2.45. The molecule has 5 atom stereocenters. The smallest absolute Gasteiger partial charge is 0.310 e. The fraction of sp³-hybridized carbons (Fsp3) is 0.615. The molecule has 1 aromatic carbocycles. The number of carboxylic acid groups (broad SMARTS) is 2. The van der Waals surface area contributed by atoms with Crippen molar-refractivity contribution in [2.24, 2.45) is 35.0 Å². The fourth-order valence-electron chi connectivity index (χ4n) is 5.75. The zero-order chi connectivity index (χ0) is 22.4. The molecule has 3 aliphatic rings. The van der Waals surface area contributed by atoms with Crippen LogP contribution in [0.25, 0.3) is 0 Å². The van der Waals surface area contributed by atoms with E-state index in [4.69, 9.17) is 4.74 Å². The van der Waals surface area contributed by atoms with Crippen molar-refractivity contribution in [3.8, 4) is 0 Å². The fourth-order valence-corrected chi connectivity index (χ4v) is 5.75. The Morgan fingerprint density at radius 3 is 2.16 bits per heavy atom. The standard InChI is InChI=1S/C19H26O5.C7H10/c1-13(2)19(18(22)23)10-6-9-15(16(19)17(20)21)12-24-11-14-7-4-3-5-8-14;1-2-7-4-3-6(1)5-7/h3-5,7-8,13,15-16H,6,9-12H2,1-2H3,(H,20,21)(H,22,23);1-2,6-7H,3-5H2. The van der Waals surface area contributed by atoms with Gasteiger partial charge in [-0.05, 0) is 61.3 Å². The summed E-state index contributed by atoms with van der Waals surface area (Å²) < 4.78 is 5.74. The van der Waals surface area contributed by atoms with E-state index in [0.29, 0.717) is 25.9 Å². The molecular weight excluding hydrogens is 392 g/mol. The first kappa shape index (κ1) is 23.5. The number of rotatable bonds is 7. The highest BCUT2D eigenvalue weighted by Crippen LogP contribution is 2.50. The second-order valence-electron chi connectivity index (χ2n) is 9.69. The maximum absolute atomic E-state index is 12.0. The molecule has 4 rings (SSSR count). The van der Waals surface area contributed by atoms with Gasteiger partial charge in [0.05, 0.1) is 24.5 Å². The van der Waals surface area contributed by atoms with Crippen LogP contribution in [0.5, 0.6) is 0 Å². The van der Waals surface area contributed by atoms with Crippen molar-refractivity contribution >= 4 is 11.9 Å². The molecule has 0 spiro atoms. The lowest BCUT2D eigenvalue weighted by Crippen LogP contribution is -2.52. The minimum atomic E-state index is -1.22. The molecule has 170 valence electrons. The van der Waals surface area contributed by atoms with Crippen LogP contribution in [0.1, 0.15) is 57.9 Å². The number of carbonyl (C=O) groups is 2. The van der Waals surface area contributed by atoms with Gasteiger partial charge >= 0.3 is 11.9 Å². The number of allylic oxidation sites excluding steroid dienone is 2. The Bertz CT molecular complexity index is 759. The van der Waals surface area contributed by atoms with Crippen molar-refractivity contribution < 1.29 is 24.5 Å². The van der Waals surface area contributed by atoms with Gasteiger partial charge in [0.1, 0.15) is 0 Å². The van der Waals surface area contributed by atoms with Crippen molar-refractivity contribution in [1.29, 1.82) is 0 Å². The number of ether oxygens (including phenoxy) is 1. The highest BCUT2D eigenvalue weighted by molar-refractivity contribution is 5.84. The summed E-state index contributed by atoms with van der Waals surface area (Å²) in [4.78, 5) is 23.9. The van der Waals surface area contributed by atoms with Crippen LogP contribution in [-0.4, -0.2) is 28.8 Å². The molecule has 5 heteroatoms. The maximum atomic E-state index is 12.0. The van der Waals surface area contributed by atoms with E-state index in [0.717, 1.165) is 17.4 Å². The monoisotopic (exact) mass is 428 g/mol. The predicted octanol–water partition coefficient (Wildman–Crippen LogP) is 5.40. The minimum absolute atomic E-state index is 0.243. The van der Waals surface area contributed by atoms with Crippen LogP contribution in [0, 0.1) is 35.0 Å². The number of carboxylic acids is 2. The number of aliphatic carboxylic acids is 2. The van der Waals surface area contributed by atoms with Crippen molar-refractivity contribution in [1.82, 2.24) is 0 Å². The predicted molar refractivity (Wildman–Crippen MR) is 119 cm³/mol. The topological polar surface area (TPSA) is 83.8 Å². The van der Waals surface area contributed by atoms with Gasteiger partial charge in [-0.15, -0.1) is 0 Å². The molecule has 0 aliphatic heterocycles. The number of fused-ring (bicyclic) bond motifs is 2. The second kappa shape index (κ2) is 10.4. The molecule has 2 N–H and O–H groups in total. The molecule has 2 bridgehead atoms. The molecule has 0 amide bonds. The van der Waals surface area contributed by atoms with Crippen LogP contribution >= 0.6 is 0 Å². The molecule has 2 saturated carbocycles. The molecule has 0 radical (unpaired) electrons. The summed E-state index contributed by atoms with van der Waals surface area (Å²) >= 11 is 0. The largest absolute Gasteiger partial charge is 0.481 e. The van der Waals surface area contributed by atoms with Gasteiger partial charge in [0.15, 0.2) is 0 Å². The van der Waals surface area contributed by atoms with E-state index >= 15 is 0 Å². The van der Waals surface area contributed by atoms with Gasteiger partial charge in [-0.2, -0.15) is 0 Å². The molecule has 0 heterocycles. The molecule has 3 aliphatic carbocycles. The summed E-state index contributed by atoms with van der Waals surface area (Å²) in [6, 6.07) is 9.67. The summed E-state index contributed by atoms with van der Waals surface area (Å²) in [5, 5.41) is 19.5. The average molecular weight is 429 g/mol. The Morgan fingerprint density at radius 1 is 1.06 bits per heavy atom. The molecular formula is C26H36O5. The number of hydrogen-bond acceptors (Lipinski definition) is 3. The molecule has 5 unspecified atom stereocenters. The van der Waals surface area contributed by atoms with Crippen LogP contribution in [0.2, 0.25) is 0 Å². The van der Waals surface area contributed by atoms with Gasteiger partial charge in [-0.3, -0.25) is 9.59 Å². The van der Waals surface area contributed by atoms with Crippen molar-refractivity contribution in [2.45, 2.75) is 59.0 Å². The molecule has 31 heavy (non-hydrogen) atoms. The quantitative estimate of drug-likeness (QED) is 0.568. The maximum Gasteiger partial charge on any atom is 0.310 e. The van der Waals surface area contributed by atoms with Crippen molar-refractivity contribution in [3.63, 3.8) is 0 Å². The van der Waals surface area contributed by atoms with Gasteiger partial charge in [-0.1, -0.05) is 62.8 Å². The van der Waals surface area contributed by atoms with E-state index in [1.54, 1.807) is 13.8 Å². The third-order valence-electron chi connectivity index (χ3n) is 7.50. The van der Waals surface area contributed by atoms with Crippen LogP contribution in [0.3, 0.4) is 0 Å². The zero-order valence-corrected chi connectivity index (χ0v) is 18.7. The lowest BCUT2D eigenvalue weighted by atomic mass is 9.57. The highest BCUT2D eigenvalue weighted by atomic mass is 16.5. The molecule has 0 aromatic heterocycles. The van der Waals surface area contributed by atoms with E-state index in [1.165, 1.54) is 19.3 Å². The van der Waals surface area contributed by atoms with Crippen molar-refractivity contribution in [3.05, 3.63) is 48.0 Å². The third kappa shape index (κ3) is 5.38. The van der Waals surface area contributed by atoms with Crippen LogP contribution in [0.4, 0.5) is 0 Å². The van der Waals surface area contributed by atoms with E-state index < -0.39 is 23.3 Å². The van der Waals surface area contributed by atoms with E-state index in [2.05, 4.69) is 12.2 Å². The molecule has 1 aromatic rings. The van der Waals surface area contributed by atoms with E-state index in [-0.39, 0.29) is 18.4 Å². The van der Waals surface area contributed by atoms with E-state index in [1.807, 2.05) is 30.3 Å². The third-order valence-corrected chi connectivity index (χ3v) is 7.50. The van der Waals surface area contributed by atoms with Crippen molar-refractivity contribution in [2.75, 3.05) is 6.61 Å². The van der Waals surface area contributed by atoms with E-state index in [9.17, 15) is 19.8 Å². The van der Waals surface area contributed by atoms with Gasteiger partial charge in [0, 0.05) is 0 Å². The Labute approximate surface area is 185 Å². The Balaban J connectivity index is 0.000000322. The first-order valence-electron chi connectivity index (χ1n) is 11.6. The Morgan fingerprint density at radius 2 is 1.71 bits per heavy atom. The zero-order valence-electron chi connectivity index (χ0n) is 18.7. The van der Waals surface area contributed by atoms with Gasteiger partial charge in [-0.25, -0.2) is 0 Å². The first-order valence-corrected chi connectivity index (χ1v) is 11.6. The number of hydrogen-bond donors (Lipinski definition) is 2. The SMILES string of the molecule is C1=CC2CCC1C2.CC(C)C1(C(=O)O)CCCC(COCc2ccccc2)C1C(=O)O. The minimum Gasteiger partial charge on any atom is -0.481 e. The Hall–Kier alpha value is -2.14. The van der Waals surface area contributed by atoms with Crippen LogP contribution in [-0.2, 0) is 20.9 Å². The lowest BCUT2D eigenvalue weighted by molar-refractivity contribution is -0.176. The Kier molecular flexibility index (Phi) is 7.93. The second-order valence-corrected chi connectivity index (χ2v) is 9.69. The highest BCUT2D eigenvalue weighted by Gasteiger charge is 2.56. The summed E-state index contributed by atoms with van der Waals surface area (Å²) in [5.74, 6) is -1.49. The molecule has 5 nitrogen and oxygen atoms in total. The summed E-state index contributed by atoms with van der Waals surface area (Å²) in [5.41, 5.74) is -0.196. The summed E-state index contributed by atoms with van der Waals surface area (Å²) in [6.07, 6.45) is 11.0. The summed E-state index contributed by atoms with van der Waals surface area (Å²) in [7, 11) is 0. The van der Waals surface area contributed by atoms with Gasteiger partial charge in [0.25, 0.3) is 0 Å². The molecule has 2 fully saturated rings. The van der Waals surface area contributed by atoms with Crippen LogP contribution < -0.4 is 0 Å². The van der Waals surface area contributed by atoms with Gasteiger partial charge < -0.3 is 14.9 Å². The first-order chi connectivity index (χ1) is 14.8.